The molecule has 1 spiro atoms. The quantitative estimate of drug-likeness (QED) is 0.825. The third kappa shape index (κ3) is 2.23. The fourth-order valence-corrected chi connectivity index (χ4v) is 6.24. The molecule has 4 atom stereocenters. The maximum atomic E-state index is 12.2. The molecule has 0 aromatic heterocycles. The predicted molar refractivity (Wildman–Crippen MR) is 102 cm³/mol. The molecule has 0 amide bonds. The molecule has 0 radical (unpaired) electrons. The summed E-state index contributed by atoms with van der Waals surface area (Å²) < 4.78 is 18.4. The molecule has 0 bridgehead atoms. The molecule has 6 nitrogen and oxygen atoms in total. The zero-order valence-corrected chi connectivity index (χ0v) is 16.4. The Morgan fingerprint density at radius 1 is 1.18 bits per heavy atom. The van der Waals surface area contributed by atoms with Gasteiger partial charge < -0.3 is 24.4 Å². The molecular formula is C22H29NO5. The first-order valence-corrected chi connectivity index (χ1v) is 10.8. The van der Waals surface area contributed by atoms with E-state index in [-0.39, 0.29) is 17.7 Å². The minimum Gasteiger partial charge on any atom is -0.504 e. The number of phenolic OH excluding ortho intramolecular Hbond substituents is 1. The van der Waals surface area contributed by atoms with Crippen LogP contribution < -0.4 is 4.74 Å². The summed E-state index contributed by atoms with van der Waals surface area (Å²) in [7, 11) is 0. The fourth-order valence-electron chi connectivity index (χ4n) is 6.24. The maximum absolute atomic E-state index is 12.2. The molecule has 2 N–H and O–H groups in total. The van der Waals surface area contributed by atoms with Crippen molar-refractivity contribution < 1.29 is 24.4 Å². The average Bonchev–Trinajstić information content (AvgIpc) is 3.21. The molecule has 2 aliphatic heterocycles. The first kappa shape index (κ1) is 17.5. The van der Waals surface area contributed by atoms with Gasteiger partial charge in [-0.05, 0) is 49.8 Å². The van der Waals surface area contributed by atoms with Crippen LogP contribution in [0, 0.1) is 5.92 Å². The van der Waals surface area contributed by atoms with Gasteiger partial charge in [0.25, 0.3) is 0 Å². The van der Waals surface area contributed by atoms with Gasteiger partial charge in [0.1, 0.15) is 0 Å². The summed E-state index contributed by atoms with van der Waals surface area (Å²) in [6.07, 6.45) is 4.22. The highest BCUT2D eigenvalue weighted by Crippen LogP contribution is 2.62. The lowest BCUT2D eigenvalue weighted by atomic mass is 9.60. The molecule has 1 saturated heterocycles. The molecule has 152 valence electrons. The van der Waals surface area contributed by atoms with Gasteiger partial charge in [-0.25, -0.2) is 0 Å². The Balaban J connectivity index is 1.47. The molecule has 6 rings (SSSR count). The first-order valence-electron chi connectivity index (χ1n) is 10.8. The van der Waals surface area contributed by atoms with E-state index in [0.29, 0.717) is 31.8 Å². The molecule has 6 heteroatoms. The van der Waals surface area contributed by atoms with Crippen molar-refractivity contribution in [1.29, 1.82) is 0 Å². The smallest absolute Gasteiger partial charge is 0.206 e. The van der Waals surface area contributed by atoms with E-state index in [1.54, 1.807) is 6.07 Å². The number of phenols is 1. The predicted octanol–water partition coefficient (Wildman–Crippen LogP) is 2.16. The maximum Gasteiger partial charge on any atom is 0.206 e. The number of ether oxygens (including phenoxy) is 3. The SMILES string of the molecule is CCN(CC1CC1)C1Cc2ccc(O)c3c2C2C(O3)C3(CCC21O)OCCO3. The zero-order chi connectivity index (χ0) is 19.1. The number of aromatic hydroxyl groups is 1. The van der Waals surface area contributed by atoms with Gasteiger partial charge in [-0.15, -0.1) is 0 Å². The van der Waals surface area contributed by atoms with Gasteiger partial charge in [0.15, 0.2) is 17.6 Å². The van der Waals surface area contributed by atoms with Gasteiger partial charge in [0.05, 0.1) is 24.7 Å². The van der Waals surface area contributed by atoms with Crippen LogP contribution in [0.3, 0.4) is 0 Å². The Morgan fingerprint density at radius 3 is 2.68 bits per heavy atom. The monoisotopic (exact) mass is 387 g/mol. The van der Waals surface area contributed by atoms with Crippen LogP contribution in [0.4, 0.5) is 0 Å². The summed E-state index contributed by atoms with van der Waals surface area (Å²) in [5, 5.41) is 22.6. The van der Waals surface area contributed by atoms with Gasteiger partial charge in [0.2, 0.25) is 5.79 Å². The van der Waals surface area contributed by atoms with Gasteiger partial charge in [-0.2, -0.15) is 0 Å². The van der Waals surface area contributed by atoms with Crippen molar-refractivity contribution in [3.8, 4) is 11.5 Å². The Hall–Kier alpha value is -1.34. The van der Waals surface area contributed by atoms with Gasteiger partial charge in [-0.3, -0.25) is 4.90 Å². The Morgan fingerprint density at radius 2 is 1.96 bits per heavy atom. The molecule has 2 heterocycles. The van der Waals surface area contributed by atoms with Crippen molar-refractivity contribution in [2.75, 3.05) is 26.3 Å². The van der Waals surface area contributed by atoms with Crippen LogP contribution in [0.1, 0.15) is 49.7 Å². The Labute approximate surface area is 165 Å². The molecule has 4 unspecified atom stereocenters. The summed E-state index contributed by atoms with van der Waals surface area (Å²) in [4.78, 5) is 2.48. The fraction of sp³-hybridized carbons (Fsp3) is 0.727. The van der Waals surface area contributed by atoms with Crippen LogP contribution in [-0.4, -0.2) is 65.0 Å². The van der Waals surface area contributed by atoms with E-state index in [4.69, 9.17) is 14.2 Å². The number of hydrogen-bond acceptors (Lipinski definition) is 6. The summed E-state index contributed by atoms with van der Waals surface area (Å²) >= 11 is 0. The highest BCUT2D eigenvalue weighted by Gasteiger charge is 2.68. The van der Waals surface area contributed by atoms with E-state index >= 15 is 0 Å². The number of nitrogens with zero attached hydrogens (tertiary/aromatic N) is 1. The van der Waals surface area contributed by atoms with Crippen LogP contribution >= 0.6 is 0 Å². The highest BCUT2D eigenvalue weighted by molar-refractivity contribution is 5.59. The van der Waals surface area contributed by atoms with E-state index < -0.39 is 17.5 Å². The largest absolute Gasteiger partial charge is 0.504 e. The molecule has 3 aliphatic carbocycles. The van der Waals surface area contributed by atoms with Crippen molar-refractivity contribution in [3.05, 3.63) is 23.3 Å². The normalized spacial score (nSPS) is 37.3. The van der Waals surface area contributed by atoms with Crippen molar-refractivity contribution >= 4 is 0 Å². The standard InChI is InChI=1S/C22H29NO5/c1-2-23(12-13-3-4-13)16-11-14-5-6-15(24)19-17(14)18-20(28-19)22(26-9-10-27-22)8-7-21(16,18)25/h5-6,13,16,18,20,24-25H,2-4,7-12H2,1H3. The topological polar surface area (TPSA) is 71.4 Å². The lowest BCUT2D eigenvalue weighted by Gasteiger charge is -2.55. The average molecular weight is 387 g/mol. The molecule has 5 aliphatic rings. The van der Waals surface area contributed by atoms with E-state index in [1.807, 2.05) is 6.07 Å². The number of benzene rings is 1. The van der Waals surface area contributed by atoms with E-state index in [9.17, 15) is 10.2 Å². The number of aliphatic hydroxyl groups is 1. The third-order valence-electron chi connectivity index (χ3n) is 7.77. The highest BCUT2D eigenvalue weighted by atomic mass is 16.8. The number of likely N-dealkylation sites (N-methyl/N-ethyl adjacent to an activating group) is 1. The van der Waals surface area contributed by atoms with Crippen LogP contribution in [0.5, 0.6) is 11.5 Å². The minimum absolute atomic E-state index is 0.0518. The molecule has 2 saturated carbocycles. The summed E-state index contributed by atoms with van der Waals surface area (Å²) in [5.74, 6) is 0.396. The van der Waals surface area contributed by atoms with Crippen molar-refractivity contribution in [3.63, 3.8) is 0 Å². The van der Waals surface area contributed by atoms with Crippen LogP contribution in [0.2, 0.25) is 0 Å². The zero-order valence-electron chi connectivity index (χ0n) is 16.4. The van der Waals surface area contributed by atoms with E-state index in [0.717, 1.165) is 31.0 Å². The Kier molecular flexibility index (Phi) is 3.66. The van der Waals surface area contributed by atoms with Crippen LogP contribution in [0.15, 0.2) is 12.1 Å². The number of hydrogen-bond donors (Lipinski definition) is 2. The second kappa shape index (κ2) is 5.85. The van der Waals surface area contributed by atoms with Crippen molar-refractivity contribution in [2.45, 2.75) is 68.5 Å². The van der Waals surface area contributed by atoms with Crippen molar-refractivity contribution in [2.24, 2.45) is 5.92 Å². The van der Waals surface area contributed by atoms with Gasteiger partial charge in [0, 0.05) is 24.6 Å². The lowest BCUT2D eigenvalue weighted by Crippen LogP contribution is -2.67. The van der Waals surface area contributed by atoms with E-state index in [2.05, 4.69) is 11.8 Å². The van der Waals surface area contributed by atoms with Gasteiger partial charge in [-0.1, -0.05) is 13.0 Å². The second-order valence-electron chi connectivity index (χ2n) is 9.25. The molecule has 28 heavy (non-hydrogen) atoms. The third-order valence-corrected chi connectivity index (χ3v) is 7.77. The summed E-state index contributed by atoms with van der Waals surface area (Å²) in [6.45, 7) is 5.28. The van der Waals surface area contributed by atoms with Gasteiger partial charge >= 0.3 is 0 Å². The molecular weight excluding hydrogens is 358 g/mol. The van der Waals surface area contributed by atoms with Crippen molar-refractivity contribution in [1.82, 2.24) is 4.90 Å². The molecule has 3 fully saturated rings. The van der Waals surface area contributed by atoms with Crippen LogP contribution in [0.25, 0.3) is 0 Å². The lowest BCUT2D eigenvalue weighted by molar-refractivity contribution is -0.263. The van der Waals surface area contributed by atoms with E-state index in [1.165, 1.54) is 18.4 Å². The van der Waals surface area contributed by atoms with Crippen LogP contribution in [-0.2, 0) is 15.9 Å². The number of fused-ring (bicyclic) bond motifs is 1. The summed E-state index contributed by atoms with van der Waals surface area (Å²) in [6, 6.07) is 3.79. The molecule has 1 aromatic carbocycles. The summed E-state index contributed by atoms with van der Waals surface area (Å²) in [5.41, 5.74) is 1.26. The number of rotatable bonds is 4. The Bertz CT molecular complexity index is 802. The molecule has 1 aromatic rings. The second-order valence-corrected chi connectivity index (χ2v) is 9.25. The first-order chi connectivity index (χ1) is 13.6. The minimum atomic E-state index is -0.901.